The summed E-state index contributed by atoms with van der Waals surface area (Å²) in [4.78, 5) is 25.6. The van der Waals surface area contributed by atoms with Crippen molar-refractivity contribution in [3.63, 3.8) is 0 Å². The second-order valence-corrected chi connectivity index (χ2v) is 4.50. The number of carbonyl (C=O) groups excluding carboxylic acids is 2. The lowest BCUT2D eigenvalue weighted by Gasteiger charge is -2.07. The monoisotopic (exact) mass is 293 g/mol. The predicted molar refractivity (Wildman–Crippen MR) is 76.3 cm³/mol. The summed E-state index contributed by atoms with van der Waals surface area (Å²) in [5, 5.41) is 0. The van der Waals surface area contributed by atoms with Crippen LogP contribution in [0.4, 0.5) is 5.69 Å². The van der Waals surface area contributed by atoms with Gasteiger partial charge in [-0.1, -0.05) is 0 Å². The Bertz CT molecular complexity index is 489. The number of carbonyl (C=O) groups is 2. The van der Waals surface area contributed by atoms with E-state index in [2.05, 4.69) is 0 Å². The van der Waals surface area contributed by atoms with Crippen LogP contribution >= 0.6 is 0 Å². The van der Waals surface area contributed by atoms with Gasteiger partial charge in [0.15, 0.2) is 12.1 Å². The van der Waals surface area contributed by atoms with Gasteiger partial charge in [0, 0.05) is 5.69 Å². The van der Waals surface area contributed by atoms with Crippen LogP contribution in [0, 0.1) is 0 Å². The zero-order valence-corrected chi connectivity index (χ0v) is 12.4. The molecular weight excluding hydrogens is 274 g/mol. The molecule has 0 N–H and O–H groups in total. The molecule has 1 aromatic rings. The molecule has 0 radical (unpaired) electrons. The molecule has 0 aliphatic carbocycles. The molecule has 1 saturated heterocycles. The van der Waals surface area contributed by atoms with Crippen LogP contribution < -0.4 is 9.64 Å². The lowest BCUT2D eigenvalue weighted by molar-refractivity contribution is -0.147. The van der Waals surface area contributed by atoms with E-state index < -0.39 is 24.0 Å². The number of methoxy groups -OCH3 is 1. The Hall–Kier alpha value is -2.24. The molecule has 0 amide bonds. The Morgan fingerprint density at radius 2 is 1.48 bits per heavy atom. The highest BCUT2D eigenvalue weighted by Gasteiger charge is 2.59. The Kier molecular flexibility index (Phi) is 4.67. The van der Waals surface area contributed by atoms with Gasteiger partial charge in [-0.25, -0.2) is 9.59 Å². The predicted octanol–water partition coefficient (Wildman–Crippen LogP) is 1.38. The van der Waals surface area contributed by atoms with Crippen LogP contribution in [0.3, 0.4) is 0 Å². The second-order valence-electron chi connectivity index (χ2n) is 4.50. The molecule has 0 saturated carbocycles. The summed E-state index contributed by atoms with van der Waals surface area (Å²) in [6.45, 7) is 4.03. The molecule has 6 nitrogen and oxygen atoms in total. The van der Waals surface area contributed by atoms with Gasteiger partial charge in [0.1, 0.15) is 5.75 Å². The van der Waals surface area contributed by atoms with E-state index in [1.165, 1.54) is 0 Å². The molecule has 114 valence electrons. The van der Waals surface area contributed by atoms with E-state index in [4.69, 9.17) is 14.2 Å². The van der Waals surface area contributed by atoms with Crippen molar-refractivity contribution in [3.8, 4) is 5.75 Å². The lowest BCUT2D eigenvalue weighted by atomic mass is 10.3. The summed E-state index contributed by atoms with van der Waals surface area (Å²) in [7, 11) is 1.58. The molecule has 1 heterocycles. The normalized spacial score (nSPS) is 19.9. The standard InChI is InChI=1S/C15H19NO5/c1-4-20-14(17)12-13(15(18)21-5-2)16(12)10-6-8-11(19-3)9-7-10/h6-9,12-13H,4-5H2,1-3H3/t12-,13-/m1/s1. The minimum absolute atomic E-state index is 0.279. The molecule has 21 heavy (non-hydrogen) atoms. The Labute approximate surface area is 123 Å². The molecule has 6 heteroatoms. The third-order valence-corrected chi connectivity index (χ3v) is 3.24. The second kappa shape index (κ2) is 6.47. The quantitative estimate of drug-likeness (QED) is 0.583. The number of ether oxygens (including phenoxy) is 3. The van der Waals surface area contributed by atoms with E-state index in [1.54, 1.807) is 50.1 Å². The van der Waals surface area contributed by atoms with Crippen LogP contribution in [0.1, 0.15) is 13.8 Å². The zero-order chi connectivity index (χ0) is 15.4. The van der Waals surface area contributed by atoms with Crippen LogP contribution in [0.2, 0.25) is 0 Å². The molecular formula is C15H19NO5. The first-order valence-corrected chi connectivity index (χ1v) is 6.89. The third-order valence-electron chi connectivity index (χ3n) is 3.24. The molecule has 1 aliphatic heterocycles. The fourth-order valence-corrected chi connectivity index (χ4v) is 2.25. The van der Waals surface area contributed by atoms with Crippen LogP contribution in [-0.2, 0) is 19.1 Å². The van der Waals surface area contributed by atoms with Gasteiger partial charge in [0.2, 0.25) is 0 Å². The molecule has 2 atom stereocenters. The summed E-state index contributed by atoms with van der Waals surface area (Å²) in [5.74, 6) is -0.112. The van der Waals surface area contributed by atoms with Crippen molar-refractivity contribution in [2.45, 2.75) is 25.9 Å². The van der Waals surface area contributed by atoms with E-state index in [0.717, 1.165) is 5.69 Å². The molecule has 0 spiro atoms. The smallest absolute Gasteiger partial charge is 0.331 e. The first-order chi connectivity index (χ1) is 10.1. The maximum atomic E-state index is 11.9. The van der Waals surface area contributed by atoms with E-state index >= 15 is 0 Å². The summed E-state index contributed by atoms with van der Waals surface area (Å²) < 4.78 is 15.1. The summed E-state index contributed by atoms with van der Waals surface area (Å²) in [6.07, 6.45) is 0. The van der Waals surface area contributed by atoms with Crippen molar-refractivity contribution in [3.05, 3.63) is 24.3 Å². The molecule has 2 rings (SSSR count). The van der Waals surface area contributed by atoms with Crippen LogP contribution in [0.5, 0.6) is 5.75 Å². The van der Waals surface area contributed by atoms with E-state index in [9.17, 15) is 9.59 Å². The van der Waals surface area contributed by atoms with Gasteiger partial charge in [-0.15, -0.1) is 0 Å². The number of esters is 2. The van der Waals surface area contributed by atoms with Gasteiger partial charge in [0.25, 0.3) is 0 Å². The van der Waals surface area contributed by atoms with Crippen LogP contribution in [0.25, 0.3) is 0 Å². The third kappa shape index (κ3) is 3.09. The van der Waals surface area contributed by atoms with E-state index in [0.29, 0.717) is 5.75 Å². The van der Waals surface area contributed by atoms with E-state index in [1.807, 2.05) is 0 Å². The number of rotatable bonds is 6. The van der Waals surface area contributed by atoms with Gasteiger partial charge < -0.3 is 19.1 Å². The number of anilines is 1. The Balaban J connectivity index is 2.17. The fraction of sp³-hybridized carbons (Fsp3) is 0.467. The van der Waals surface area contributed by atoms with Crippen molar-refractivity contribution in [1.29, 1.82) is 0 Å². The molecule has 1 aromatic carbocycles. The highest BCUT2D eigenvalue weighted by atomic mass is 16.5. The topological polar surface area (TPSA) is 64.8 Å². The first-order valence-electron chi connectivity index (χ1n) is 6.89. The zero-order valence-electron chi connectivity index (χ0n) is 12.4. The minimum atomic E-state index is -0.614. The first kappa shape index (κ1) is 15.2. The number of benzene rings is 1. The Morgan fingerprint density at radius 3 is 1.86 bits per heavy atom. The molecule has 0 unspecified atom stereocenters. The van der Waals surface area contributed by atoms with Crippen molar-refractivity contribution >= 4 is 17.6 Å². The lowest BCUT2D eigenvalue weighted by Crippen LogP contribution is -2.20. The molecule has 1 fully saturated rings. The number of hydrogen-bond donors (Lipinski definition) is 0. The van der Waals surface area contributed by atoms with Crippen molar-refractivity contribution in [2.24, 2.45) is 0 Å². The minimum Gasteiger partial charge on any atom is -0.497 e. The van der Waals surface area contributed by atoms with E-state index in [-0.39, 0.29) is 13.2 Å². The average molecular weight is 293 g/mol. The molecule has 0 bridgehead atoms. The SMILES string of the molecule is CCOC(=O)[C@H]1[C@H](C(=O)OCC)N1c1ccc(OC)cc1. The molecule has 1 aliphatic rings. The van der Waals surface area contributed by atoms with Gasteiger partial charge in [0.05, 0.1) is 20.3 Å². The number of nitrogens with zero attached hydrogens (tertiary/aromatic N) is 1. The average Bonchev–Trinajstić information content (AvgIpc) is 3.23. The van der Waals surface area contributed by atoms with Gasteiger partial charge >= 0.3 is 11.9 Å². The van der Waals surface area contributed by atoms with Crippen LogP contribution in [-0.4, -0.2) is 44.3 Å². The Morgan fingerprint density at radius 1 is 1.00 bits per heavy atom. The van der Waals surface area contributed by atoms with Crippen molar-refractivity contribution in [2.75, 3.05) is 25.2 Å². The maximum absolute atomic E-state index is 11.9. The van der Waals surface area contributed by atoms with Gasteiger partial charge in [-0.2, -0.15) is 0 Å². The van der Waals surface area contributed by atoms with Crippen molar-refractivity contribution < 1.29 is 23.8 Å². The van der Waals surface area contributed by atoms with Crippen LogP contribution in [0.15, 0.2) is 24.3 Å². The largest absolute Gasteiger partial charge is 0.497 e. The summed E-state index contributed by atoms with van der Waals surface area (Å²) in [5.41, 5.74) is 0.756. The highest BCUT2D eigenvalue weighted by molar-refractivity contribution is 6.01. The fourth-order valence-electron chi connectivity index (χ4n) is 2.25. The summed E-state index contributed by atoms with van der Waals surface area (Å²) >= 11 is 0. The van der Waals surface area contributed by atoms with Crippen molar-refractivity contribution in [1.82, 2.24) is 0 Å². The van der Waals surface area contributed by atoms with Gasteiger partial charge in [-0.05, 0) is 38.1 Å². The maximum Gasteiger partial charge on any atom is 0.331 e. The highest BCUT2D eigenvalue weighted by Crippen LogP contribution is 2.37. The van der Waals surface area contributed by atoms with Gasteiger partial charge in [-0.3, -0.25) is 0 Å². The summed E-state index contributed by atoms with van der Waals surface area (Å²) in [6, 6.07) is 5.92. The molecule has 0 aromatic heterocycles. The number of hydrogen-bond acceptors (Lipinski definition) is 6.